The van der Waals surface area contributed by atoms with E-state index in [-0.39, 0.29) is 11.6 Å². The molecule has 0 atom stereocenters. The summed E-state index contributed by atoms with van der Waals surface area (Å²) in [7, 11) is 1.59. The van der Waals surface area contributed by atoms with Crippen LogP contribution in [-0.2, 0) is 0 Å². The molecule has 3 nitrogen and oxygen atoms in total. The van der Waals surface area contributed by atoms with Crippen LogP contribution in [0.1, 0.15) is 0 Å². The number of hydrogen-bond acceptors (Lipinski definition) is 2. The van der Waals surface area contributed by atoms with Crippen LogP contribution in [0.15, 0.2) is 71.2 Å². The van der Waals surface area contributed by atoms with E-state index in [0.717, 1.165) is 21.2 Å². The number of rotatable bonds is 4. The molecule has 3 aromatic carbocycles. The highest BCUT2D eigenvalue weighted by Gasteiger charge is 2.18. The lowest BCUT2D eigenvalue weighted by molar-refractivity contribution is 0.416. The summed E-state index contributed by atoms with van der Waals surface area (Å²) in [6.45, 7) is 0. The molecule has 1 heterocycles. The second-order valence-corrected chi connectivity index (χ2v) is 7.08. The quantitative estimate of drug-likeness (QED) is 0.395. The van der Waals surface area contributed by atoms with Gasteiger partial charge >= 0.3 is 0 Å². The first-order chi connectivity index (χ1) is 13.5. The van der Waals surface area contributed by atoms with Gasteiger partial charge in [-0.2, -0.15) is 0 Å². The van der Waals surface area contributed by atoms with Gasteiger partial charge < -0.3 is 9.72 Å². The third kappa shape index (κ3) is 3.55. The van der Waals surface area contributed by atoms with E-state index < -0.39 is 0 Å². The Morgan fingerprint density at radius 1 is 0.857 bits per heavy atom. The molecule has 1 aromatic heterocycles. The summed E-state index contributed by atoms with van der Waals surface area (Å²) in [4.78, 5) is 8.08. The Bertz CT molecular complexity index is 1060. The van der Waals surface area contributed by atoms with Crippen molar-refractivity contribution in [1.82, 2.24) is 9.97 Å². The van der Waals surface area contributed by atoms with Gasteiger partial charge in [0.1, 0.15) is 23.2 Å². The van der Waals surface area contributed by atoms with Gasteiger partial charge in [-0.15, -0.1) is 0 Å². The van der Waals surface area contributed by atoms with Gasteiger partial charge in [-0.3, -0.25) is 0 Å². The third-order valence-electron chi connectivity index (χ3n) is 4.37. The molecule has 140 valence electrons. The van der Waals surface area contributed by atoms with Gasteiger partial charge in [-0.05, 0) is 66.7 Å². The zero-order valence-corrected chi connectivity index (χ0v) is 16.4. The highest BCUT2D eigenvalue weighted by Crippen LogP contribution is 2.37. The van der Waals surface area contributed by atoms with Crippen molar-refractivity contribution in [3.05, 3.63) is 82.8 Å². The van der Waals surface area contributed by atoms with E-state index >= 15 is 0 Å². The largest absolute Gasteiger partial charge is 0.496 e. The number of ether oxygens (including phenoxy) is 1. The van der Waals surface area contributed by atoms with Gasteiger partial charge in [0.05, 0.1) is 24.1 Å². The normalized spacial score (nSPS) is 10.9. The molecule has 0 saturated heterocycles. The molecular weight excluding hydrogens is 426 g/mol. The number of nitrogens with one attached hydrogen (secondary N) is 1. The number of aromatic amines is 1. The van der Waals surface area contributed by atoms with Gasteiger partial charge in [0.15, 0.2) is 0 Å². The lowest BCUT2D eigenvalue weighted by Gasteiger charge is -2.06. The average Bonchev–Trinajstić information content (AvgIpc) is 3.14. The zero-order chi connectivity index (χ0) is 19.7. The molecule has 0 aliphatic rings. The molecule has 4 aromatic rings. The third-order valence-corrected chi connectivity index (χ3v) is 4.86. The zero-order valence-electron chi connectivity index (χ0n) is 14.8. The summed E-state index contributed by atoms with van der Waals surface area (Å²) in [5.74, 6) is 0.613. The predicted molar refractivity (Wildman–Crippen MR) is 109 cm³/mol. The Labute approximate surface area is 169 Å². The monoisotopic (exact) mass is 440 g/mol. The Morgan fingerprint density at radius 2 is 1.46 bits per heavy atom. The second-order valence-electron chi connectivity index (χ2n) is 6.17. The van der Waals surface area contributed by atoms with Crippen LogP contribution in [0.2, 0.25) is 0 Å². The smallest absolute Gasteiger partial charge is 0.142 e. The van der Waals surface area contributed by atoms with Gasteiger partial charge in [0.2, 0.25) is 0 Å². The summed E-state index contributed by atoms with van der Waals surface area (Å²) in [5, 5.41) is 0. The number of imidazole rings is 1. The van der Waals surface area contributed by atoms with Crippen LogP contribution in [0.3, 0.4) is 0 Å². The predicted octanol–water partition coefficient (Wildman–Crippen LogP) is 6.46. The lowest BCUT2D eigenvalue weighted by Crippen LogP contribution is -1.89. The van der Waals surface area contributed by atoms with Crippen LogP contribution in [0.25, 0.3) is 33.9 Å². The van der Waals surface area contributed by atoms with E-state index in [9.17, 15) is 8.78 Å². The second kappa shape index (κ2) is 7.56. The van der Waals surface area contributed by atoms with Crippen LogP contribution < -0.4 is 4.74 Å². The molecule has 0 saturated carbocycles. The molecule has 0 fully saturated rings. The summed E-state index contributed by atoms with van der Waals surface area (Å²) >= 11 is 3.47. The Morgan fingerprint density at radius 3 is 2.07 bits per heavy atom. The van der Waals surface area contributed by atoms with E-state index in [1.54, 1.807) is 31.4 Å². The van der Waals surface area contributed by atoms with Crippen LogP contribution in [-0.4, -0.2) is 17.1 Å². The number of halogens is 3. The van der Waals surface area contributed by atoms with Crippen molar-refractivity contribution in [3.63, 3.8) is 0 Å². The molecule has 0 bridgehead atoms. The van der Waals surface area contributed by atoms with Crippen molar-refractivity contribution in [1.29, 1.82) is 0 Å². The maximum atomic E-state index is 13.4. The Hall–Kier alpha value is -2.99. The fourth-order valence-corrected chi connectivity index (χ4v) is 3.37. The highest BCUT2D eigenvalue weighted by molar-refractivity contribution is 9.10. The molecule has 4 rings (SSSR count). The van der Waals surface area contributed by atoms with Crippen molar-refractivity contribution < 1.29 is 13.5 Å². The molecular formula is C22H15BrF2N2O. The SMILES string of the molecule is COc1ccc(Br)cc1-c1nc(-c2ccc(F)cc2)c(-c2ccc(F)cc2)[nH]1. The van der Waals surface area contributed by atoms with Crippen LogP contribution >= 0.6 is 15.9 Å². The van der Waals surface area contributed by atoms with Gasteiger partial charge in [-0.1, -0.05) is 15.9 Å². The van der Waals surface area contributed by atoms with Crippen LogP contribution in [0.4, 0.5) is 8.78 Å². The fourth-order valence-electron chi connectivity index (χ4n) is 3.01. The first kappa shape index (κ1) is 18.4. The minimum absolute atomic E-state index is 0.319. The first-order valence-electron chi connectivity index (χ1n) is 8.51. The molecule has 0 radical (unpaired) electrons. The van der Waals surface area contributed by atoms with E-state index in [4.69, 9.17) is 9.72 Å². The number of methoxy groups -OCH3 is 1. The summed E-state index contributed by atoms with van der Waals surface area (Å²) in [5.41, 5.74) is 3.64. The molecule has 28 heavy (non-hydrogen) atoms. The van der Waals surface area contributed by atoms with Crippen LogP contribution in [0, 0.1) is 11.6 Å². The molecule has 1 N–H and O–H groups in total. The Kier molecular flexibility index (Phi) is 4.96. The number of benzene rings is 3. The molecule has 0 unspecified atom stereocenters. The average molecular weight is 441 g/mol. The molecule has 0 aliphatic carbocycles. The molecule has 0 spiro atoms. The molecule has 0 aliphatic heterocycles. The first-order valence-corrected chi connectivity index (χ1v) is 9.30. The van der Waals surface area contributed by atoms with Gasteiger partial charge in [0.25, 0.3) is 0 Å². The van der Waals surface area contributed by atoms with Crippen molar-refractivity contribution in [2.45, 2.75) is 0 Å². The topological polar surface area (TPSA) is 37.9 Å². The minimum atomic E-state index is -0.323. The fraction of sp³-hybridized carbons (Fsp3) is 0.0455. The van der Waals surface area contributed by atoms with Crippen molar-refractivity contribution in [2.75, 3.05) is 7.11 Å². The van der Waals surface area contributed by atoms with E-state index in [1.807, 2.05) is 18.2 Å². The Balaban J connectivity index is 1.93. The number of aromatic nitrogens is 2. The lowest BCUT2D eigenvalue weighted by atomic mass is 10.1. The van der Waals surface area contributed by atoms with Gasteiger partial charge in [0, 0.05) is 15.6 Å². The summed E-state index contributed by atoms with van der Waals surface area (Å²) in [6.07, 6.45) is 0. The van der Waals surface area contributed by atoms with Crippen molar-refractivity contribution in [3.8, 4) is 39.7 Å². The van der Waals surface area contributed by atoms with E-state index in [1.165, 1.54) is 24.3 Å². The highest BCUT2D eigenvalue weighted by atomic mass is 79.9. The maximum absolute atomic E-state index is 13.4. The number of H-pyrrole nitrogens is 1. The van der Waals surface area contributed by atoms with Crippen LogP contribution in [0.5, 0.6) is 5.75 Å². The minimum Gasteiger partial charge on any atom is -0.496 e. The number of hydrogen-bond donors (Lipinski definition) is 1. The van der Waals surface area contributed by atoms with Crippen molar-refractivity contribution >= 4 is 15.9 Å². The van der Waals surface area contributed by atoms with E-state index in [0.29, 0.717) is 23.0 Å². The summed E-state index contributed by atoms with van der Waals surface area (Å²) < 4.78 is 33.1. The standard InChI is InChI=1S/C22H15BrF2N2O/c1-28-19-11-6-15(23)12-18(19)22-26-20(13-2-7-16(24)8-3-13)21(27-22)14-4-9-17(25)10-5-14/h2-12H,1H3,(H,26,27). The maximum Gasteiger partial charge on any atom is 0.142 e. The molecule has 6 heteroatoms. The number of nitrogens with zero attached hydrogens (tertiary/aromatic N) is 1. The van der Waals surface area contributed by atoms with E-state index in [2.05, 4.69) is 20.9 Å². The molecule has 0 amide bonds. The summed E-state index contributed by atoms with van der Waals surface area (Å²) in [6, 6.07) is 17.9. The van der Waals surface area contributed by atoms with Crippen molar-refractivity contribution in [2.24, 2.45) is 0 Å². The van der Waals surface area contributed by atoms with Gasteiger partial charge in [-0.25, -0.2) is 13.8 Å².